The largest absolute Gasteiger partial charge is 0.480 e. The van der Waals surface area contributed by atoms with Crippen LogP contribution in [0.1, 0.15) is 22.9 Å². The van der Waals surface area contributed by atoms with Crippen LogP contribution in [0.15, 0.2) is 6.07 Å². The molecule has 7 nitrogen and oxygen atoms in total. The Hall–Kier alpha value is -2.73. The van der Waals surface area contributed by atoms with Crippen molar-refractivity contribution in [3.63, 3.8) is 0 Å². The number of aromatic nitrogens is 2. The number of nitrogens with zero attached hydrogens (tertiary/aromatic N) is 1. The molecule has 0 fully saturated rings. The molecule has 0 aliphatic carbocycles. The van der Waals surface area contributed by atoms with Crippen LogP contribution in [0, 0.1) is 28.0 Å². The van der Waals surface area contributed by atoms with E-state index in [0.29, 0.717) is 11.4 Å². The predicted molar refractivity (Wildman–Crippen MR) is 94.7 cm³/mol. The maximum atomic E-state index is 14.1. The minimum atomic E-state index is -1.49. The Kier molecular flexibility index (Phi) is 5.75. The molecule has 1 aliphatic heterocycles. The van der Waals surface area contributed by atoms with Gasteiger partial charge in [0, 0.05) is 42.0 Å². The second-order valence-corrected chi connectivity index (χ2v) is 7.06. The van der Waals surface area contributed by atoms with Gasteiger partial charge in [-0.25, -0.2) is 17.6 Å². The van der Waals surface area contributed by atoms with E-state index in [1.54, 1.807) is 0 Å². The fraction of sp³-hybridized carbons (Fsp3) is 0.353. The number of carbonyl (C=O) groups excluding carboxylic acids is 1. The number of aromatic amines is 1. The van der Waals surface area contributed by atoms with Gasteiger partial charge in [-0.2, -0.15) is 0 Å². The second kappa shape index (κ2) is 7.95. The van der Waals surface area contributed by atoms with Crippen LogP contribution in [0.25, 0.3) is 0 Å². The lowest BCUT2D eigenvalue weighted by molar-refractivity contribution is -0.138. The normalized spacial score (nSPS) is 16.5. The molecule has 29 heavy (non-hydrogen) atoms. The number of rotatable bonds is 6. The zero-order valence-corrected chi connectivity index (χ0v) is 15.6. The fourth-order valence-corrected chi connectivity index (χ4v) is 3.63. The number of amides is 1. The van der Waals surface area contributed by atoms with E-state index in [4.69, 9.17) is 23.1 Å². The monoisotopic (exact) mass is 432 g/mol. The number of hydrogen-bond donors (Lipinski definition) is 4. The van der Waals surface area contributed by atoms with E-state index in [9.17, 15) is 27.2 Å². The summed E-state index contributed by atoms with van der Waals surface area (Å²) in [6.07, 6.45) is -0.214. The van der Waals surface area contributed by atoms with Crippen molar-refractivity contribution >= 4 is 24.1 Å². The molecule has 2 atom stereocenters. The third-order valence-corrected chi connectivity index (χ3v) is 5.07. The Morgan fingerprint density at radius 2 is 1.93 bits per heavy atom. The number of halogens is 4. The van der Waals surface area contributed by atoms with Gasteiger partial charge in [0.15, 0.2) is 28.0 Å². The minimum Gasteiger partial charge on any atom is -0.480 e. The van der Waals surface area contributed by atoms with Gasteiger partial charge in [0.05, 0.1) is 6.42 Å². The molecule has 0 spiro atoms. The first-order valence-electron chi connectivity index (χ1n) is 8.48. The van der Waals surface area contributed by atoms with E-state index in [1.807, 2.05) is 0 Å². The van der Waals surface area contributed by atoms with Crippen LogP contribution in [0.5, 0.6) is 0 Å². The molecule has 3 rings (SSSR count). The molecule has 2 aromatic rings. The van der Waals surface area contributed by atoms with E-state index in [-0.39, 0.29) is 36.8 Å². The average Bonchev–Trinajstić information content (AvgIpc) is 3.19. The summed E-state index contributed by atoms with van der Waals surface area (Å²) in [6.45, 7) is -0.306. The number of fused-ring (bicyclic) bond motifs is 1. The van der Waals surface area contributed by atoms with Crippen molar-refractivity contribution in [2.75, 3.05) is 6.54 Å². The summed E-state index contributed by atoms with van der Waals surface area (Å²) in [7, 11) is 0. The van der Waals surface area contributed by atoms with Crippen LogP contribution in [0.2, 0.25) is 0 Å². The number of carboxylic acid groups (broad SMARTS) is 1. The van der Waals surface area contributed by atoms with Gasteiger partial charge < -0.3 is 25.7 Å². The SMILES string of the molecule is NC(CNC(=O)Cc1[nH]c(=S)n2c1CC(c1c(F)c(F)cc(F)c1F)C2)C(=O)O. The predicted octanol–water partition coefficient (Wildman–Crippen LogP) is 1.51. The highest BCUT2D eigenvalue weighted by molar-refractivity contribution is 7.71. The van der Waals surface area contributed by atoms with Crippen LogP contribution >= 0.6 is 12.2 Å². The van der Waals surface area contributed by atoms with Gasteiger partial charge in [0.25, 0.3) is 0 Å². The first-order valence-corrected chi connectivity index (χ1v) is 8.89. The van der Waals surface area contributed by atoms with Crippen LogP contribution in [0.3, 0.4) is 0 Å². The van der Waals surface area contributed by atoms with E-state index >= 15 is 0 Å². The third kappa shape index (κ3) is 4.03. The molecule has 2 heterocycles. The minimum absolute atomic E-state index is 0.00112. The number of hydrogen-bond acceptors (Lipinski definition) is 4. The first-order chi connectivity index (χ1) is 13.6. The van der Waals surface area contributed by atoms with Gasteiger partial charge in [-0.15, -0.1) is 0 Å². The van der Waals surface area contributed by atoms with E-state index in [1.165, 1.54) is 4.57 Å². The molecule has 1 aromatic carbocycles. The molecule has 0 bridgehead atoms. The molecule has 0 radical (unpaired) electrons. The number of nitrogens with two attached hydrogens (primary N) is 1. The lowest BCUT2D eigenvalue weighted by Crippen LogP contribution is -2.42. The highest BCUT2D eigenvalue weighted by atomic mass is 32.1. The van der Waals surface area contributed by atoms with Gasteiger partial charge in [-0.05, 0) is 18.6 Å². The number of carbonyl (C=O) groups is 2. The quantitative estimate of drug-likeness (QED) is 0.314. The summed E-state index contributed by atoms with van der Waals surface area (Å²) in [6, 6.07) is -1.12. The summed E-state index contributed by atoms with van der Waals surface area (Å²) in [5, 5.41) is 11.1. The number of imidazole rings is 1. The number of nitrogens with one attached hydrogen (secondary N) is 2. The molecule has 0 saturated carbocycles. The Morgan fingerprint density at radius 3 is 2.52 bits per heavy atom. The van der Waals surface area contributed by atoms with Crippen LogP contribution in [-0.2, 0) is 29.0 Å². The maximum Gasteiger partial charge on any atom is 0.322 e. The highest BCUT2D eigenvalue weighted by Gasteiger charge is 2.33. The van der Waals surface area contributed by atoms with Crippen molar-refractivity contribution in [2.24, 2.45) is 5.73 Å². The zero-order chi connectivity index (χ0) is 21.5. The smallest absolute Gasteiger partial charge is 0.322 e. The molecule has 5 N–H and O–H groups in total. The number of benzene rings is 1. The lowest BCUT2D eigenvalue weighted by Gasteiger charge is -2.13. The molecular weight excluding hydrogens is 416 g/mol. The standard InChI is InChI=1S/C17H16F4N4O3S/c18-7-2-8(19)15(21)13(14(7)20)6-1-11-10(24-17(29)25(11)5-6)3-12(26)23-4-9(22)16(27)28/h2,6,9H,1,3-5,22H2,(H,23,26)(H,24,29)(H,27,28). The molecule has 12 heteroatoms. The van der Waals surface area contributed by atoms with Gasteiger partial charge >= 0.3 is 5.97 Å². The summed E-state index contributed by atoms with van der Waals surface area (Å²) in [5.41, 5.74) is 5.44. The van der Waals surface area contributed by atoms with Gasteiger partial charge in [-0.3, -0.25) is 9.59 Å². The van der Waals surface area contributed by atoms with Crippen LogP contribution in [-0.4, -0.2) is 39.1 Å². The molecule has 1 aliphatic rings. The van der Waals surface area contributed by atoms with E-state index in [0.717, 1.165) is 0 Å². The molecule has 2 unspecified atom stereocenters. The molecule has 1 aromatic heterocycles. The first kappa shape index (κ1) is 21.0. The van der Waals surface area contributed by atoms with Crippen molar-refractivity contribution in [2.45, 2.75) is 31.3 Å². The number of carboxylic acids is 1. The van der Waals surface area contributed by atoms with E-state index in [2.05, 4.69) is 10.3 Å². The van der Waals surface area contributed by atoms with Crippen molar-refractivity contribution in [3.05, 3.63) is 51.1 Å². The van der Waals surface area contributed by atoms with Crippen molar-refractivity contribution in [3.8, 4) is 0 Å². The highest BCUT2D eigenvalue weighted by Crippen LogP contribution is 2.36. The second-order valence-electron chi connectivity index (χ2n) is 6.67. The molecule has 156 valence electrons. The maximum absolute atomic E-state index is 14.1. The fourth-order valence-electron chi connectivity index (χ4n) is 3.32. The summed E-state index contributed by atoms with van der Waals surface area (Å²) in [5.74, 6) is -8.63. The van der Waals surface area contributed by atoms with Gasteiger partial charge in [0.2, 0.25) is 5.91 Å². The zero-order valence-electron chi connectivity index (χ0n) is 14.8. The van der Waals surface area contributed by atoms with Crippen LogP contribution < -0.4 is 11.1 Å². The average molecular weight is 432 g/mol. The lowest BCUT2D eigenvalue weighted by atomic mass is 9.94. The molecule has 1 amide bonds. The molecule has 0 saturated heterocycles. The summed E-state index contributed by atoms with van der Waals surface area (Å²) in [4.78, 5) is 25.6. The summed E-state index contributed by atoms with van der Waals surface area (Å²) < 4.78 is 57.0. The Morgan fingerprint density at radius 1 is 1.31 bits per heavy atom. The Bertz CT molecular complexity index is 1030. The summed E-state index contributed by atoms with van der Waals surface area (Å²) >= 11 is 5.16. The Labute approximate surface area is 166 Å². The van der Waals surface area contributed by atoms with Crippen molar-refractivity contribution in [1.29, 1.82) is 0 Å². The topological polar surface area (TPSA) is 113 Å². The van der Waals surface area contributed by atoms with Crippen molar-refractivity contribution in [1.82, 2.24) is 14.9 Å². The van der Waals surface area contributed by atoms with Crippen LogP contribution in [0.4, 0.5) is 17.6 Å². The van der Waals surface area contributed by atoms with Crippen molar-refractivity contribution < 1.29 is 32.3 Å². The molecular formula is C17H16F4N4O3S. The number of aliphatic carboxylic acids is 1. The third-order valence-electron chi connectivity index (χ3n) is 4.75. The van der Waals surface area contributed by atoms with Gasteiger partial charge in [0.1, 0.15) is 6.04 Å². The Balaban J connectivity index is 1.80. The van der Waals surface area contributed by atoms with Gasteiger partial charge in [-0.1, -0.05) is 0 Å². The van der Waals surface area contributed by atoms with E-state index < -0.39 is 52.7 Å². The number of H-pyrrole nitrogens is 1.